The van der Waals surface area contributed by atoms with Gasteiger partial charge in [-0.1, -0.05) is 23.7 Å². The fourth-order valence-corrected chi connectivity index (χ4v) is 2.49. The summed E-state index contributed by atoms with van der Waals surface area (Å²) in [6.07, 6.45) is 0. The van der Waals surface area contributed by atoms with Crippen LogP contribution >= 0.6 is 11.6 Å². The number of guanidine groups is 1. The lowest BCUT2D eigenvalue weighted by atomic mass is 10.1. The molecule has 1 aliphatic rings. The highest BCUT2D eigenvalue weighted by molar-refractivity contribution is 6.30. The molecule has 102 valence electrons. The second-order valence-corrected chi connectivity index (χ2v) is 5.09. The molecule has 4 nitrogen and oxygen atoms in total. The van der Waals surface area contributed by atoms with Crippen LogP contribution in [0.25, 0.3) is 0 Å². The van der Waals surface area contributed by atoms with Crippen LogP contribution in [0.3, 0.4) is 0 Å². The molecule has 3 N–H and O–H groups in total. The van der Waals surface area contributed by atoms with Crippen molar-refractivity contribution < 1.29 is 5.11 Å². The van der Waals surface area contributed by atoms with Gasteiger partial charge in [-0.2, -0.15) is 0 Å². The SMILES string of the molecule is NC1=NCC(c2ccc(O)cc2)N1c1ccc(Cl)cc1. The predicted molar refractivity (Wildman–Crippen MR) is 81.3 cm³/mol. The highest BCUT2D eigenvalue weighted by Gasteiger charge is 2.28. The number of aliphatic imine (C=N–C) groups is 1. The van der Waals surface area contributed by atoms with Crippen molar-refractivity contribution in [3.63, 3.8) is 0 Å². The first-order valence-corrected chi connectivity index (χ1v) is 6.66. The third-order valence-corrected chi connectivity index (χ3v) is 3.62. The molecule has 20 heavy (non-hydrogen) atoms. The van der Waals surface area contributed by atoms with Crippen LogP contribution in [0.5, 0.6) is 5.75 Å². The smallest absolute Gasteiger partial charge is 0.196 e. The number of hydrogen-bond donors (Lipinski definition) is 2. The average Bonchev–Trinajstić information content (AvgIpc) is 2.83. The molecule has 0 saturated carbocycles. The number of nitrogens with two attached hydrogens (primary N) is 1. The van der Waals surface area contributed by atoms with E-state index in [1.807, 2.05) is 41.3 Å². The van der Waals surface area contributed by atoms with Crippen molar-refractivity contribution in [1.82, 2.24) is 0 Å². The summed E-state index contributed by atoms with van der Waals surface area (Å²) in [6, 6.07) is 14.7. The molecule has 0 saturated heterocycles. The van der Waals surface area contributed by atoms with Gasteiger partial charge >= 0.3 is 0 Å². The van der Waals surface area contributed by atoms with Crippen molar-refractivity contribution in [2.75, 3.05) is 11.4 Å². The Kier molecular flexibility index (Phi) is 3.24. The van der Waals surface area contributed by atoms with Gasteiger partial charge in [-0.25, -0.2) is 0 Å². The fourth-order valence-electron chi connectivity index (χ4n) is 2.36. The lowest BCUT2D eigenvalue weighted by Gasteiger charge is -2.26. The molecular weight excluding hydrogens is 274 g/mol. The van der Waals surface area contributed by atoms with Gasteiger partial charge < -0.3 is 15.7 Å². The van der Waals surface area contributed by atoms with Crippen LogP contribution in [0.4, 0.5) is 5.69 Å². The summed E-state index contributed by atoms with van der Waals surface area (Å²) in [4.78, 5) is 6.30. The summed E-state index contributed by atoms with van der Waals surface area (Å²) in [5.74, 6) is 0.740. The minimum atomic E-state index is 0.0387. The van der Waals surface area contributed by atoms with Gasteiger partial charge in [0.2, 0.25) is 0 Å². The number of halogens is 1. The molecule has 0 bridgehead atoms. The summed E-state index contributed by atoms with van der Waals surface area (Å²) in [7, 11) is 0. The van der Waals surface area contributed by atoms with Crippen molar-refractivity contribution in [2.24, 2.45) is 10.7 Å². The molecule has 2 aromatic rings. The van der Waals surface area contributed by atoms with Gasteiger partial charge in [-0.3, -0.25) is 4.99 Å². The highest BCUT2D eigenvalue weighted by Crippen LogP contribution is 2.32. The van der Waals surface area contributed by atoms with Crippen LogP contribution in [-0.4, -0.2) is 17.6 Å². The number of benzene rings is 2. The molecule has 5 heteroatoms. The van der Waals surface area contributed by atoms with Crippen molar-refractivity contribution in [1.29, 1.82) is 0 Å². The lowest BCUT2D eigenvalue weighted by molar-refractivity contribution is 0.475. The Hall–Kier alpha value is -2.20. The van der Waals surface area contributed by atoms with E-state index in [9.17, 15) is 5.11 Å². The van der Waals surface area contributed by atoms with E-state index in [1.54, 1.807) is 12.1 Å². The molecule has 1 unspecified atom stereocenters. The molecule has 0 aliphatic carbocycles. The third kappa shape index (κ3) is 2.30. The zero-order chi connectivity index (χ0) is 14.1. The van der Waals surface area contributed by atoms with Crippen LogP contribution in [0, 0.1) is 0 Å². The highest BCUT2D eigenvalue weighted by atomic mass is 35.5. The summed E-state index contributed by atoms with van der Waals surface area (Å²) < 4.78 is 0. The predicted octanol–water partition coefficient (Wildman–Crippen LogP) is 2.92. The summed E-state index contributed by atoms with van der Waals surface area (Å²) in [6.45, 7) is 0.596. The maximum absolute atomic E-state index is 9.38. The Morgan fingerprint density at radius 3 is 2.40 bits per heavy atom. The molecule has 0 amide bonds. The van der Waals surface area contributed by atoms with E-state index < -0.39 is 0 Å². The van der Waals surface area contributed by atoms with E-state index >= 15 is 0 Å². The molecular formula is C15H14ClN3O. The zero-order valence-electron chi connectivity index (χ0n) is 10.7. The largest absolute Gasteiger partial charge is 0.508 e. The van der Waals surface area contributed by atoms with E-state index in [0.29, 0.717) is 17.5 Å². The molecule has 1 atom stereocenters. The fraction of sp³-hybridized carbons (Fsp3) is 0.133. The van der Waals surface area contributed by atoms with Gasteiger partial charge in [0.25, 0.3) is 0 Å². The van der Waals surface area contributed by atoms with Crippen molar-refractivity contribution in [3.05, 3.63) is 59.1 Å². The van der Waals surface area contributed by atoms with Gasteiger partial charge in [0.15, 0.2) is 5.96 Å². The van der Waals surface area contributed by atoms with Crippen LogP contribution in [-0.2, 0) is 0 Å². The van der Waals surface area contributed by atoms with Gasteiger partial charge in [0, 0.05) is 10.7 Å². The number of phenols is 1. The number of anilines is 1. The normalized spacial score (nSPS) is 18.1. The second-order valence-electron chi connectivity index (χ2n) is 4.65. The summed E-state index contributed by atoms with van der Waals surface area (Å²) >= 11 is 5.92. The number of hydrogen-bond acceptors (Lipinski definition) is 4. The second kappa shape index (κ2) is 5.06. The molecule has 0 fully saturated rings. The van der Waals surface area contributed by atoms with Crippen molar-refractivity contribution in [3.8, 4) is 5.75 Å². The summed E-state index contributed by atoms with van der Waals surface area (Å²) in [5, 5.41) is 10.1. The van der Waals surface area contributed by atoms with Crippen LogP contribution in [0.15, 0.2) is 53.5 Å². The maximum Gasteiger partial charge on any atom is 0.196 e. The lowest BCUT2D eigenvalue weighted by Crippen LogP contribution is -2.36. The number of aromatic hydroxyl groups is 1. The molecule has 1 heterocycles. The topological polar surface area (TPSA) is 61.9 Å². The molecule has 0 radical (unpaired) electrons. The van der Waals surface area contributed by atoms with Crippen molar-refractivity contribution in [2.45, 2.75) is 6.04 Å². The number of phenolic OH excluding ortho intramolecular Hbond substituents is 1. The maximum atomic E-state index is 9.38. The zero-order valence-corrected chi connectivity index (χ0v) is 11.5. The Morgan fingerprint density at radius 1 is 1.10 bits per heavy atom. The van der Waals surface area contributed by atoms with E-state index in [1.165, 1.54) is 0 Å². The van der Waals surface area contributed by atoms with Gasteiger partial charge in [0.1, 0.15) is 5.75 Å². The van der Waals surface area contributed by atoms with Gasteiger partial charge in [-0.15, -0.1) is 0 Å². The Labute approximate surface area is 122 Å². The van der Waals surface area contributed by atoms with E-state index in [-0.39, 0.29) is 11.8 Å². The summed E-state index contributed by atoms with van der Waals surface area (Å²) in [5.41, 5.74) is 8.01. The van der Waals surface area contributed by atoms with E-state index in [0.717, 1.165) is 11.3 Å². The Balaban J connectivity index is 1.96. The van der Waals surface area contributed by atoms with E-state index in [2.05, 4.69) is 4.99 Å². The monoisotopic (exact) mass is 287 g/mol. The minimum absolute atomic E-state index is 0.0387. The molecule has 0 spiro atoms. The van der Waals surface area contributed by atoms with E-state index in [4.69, 9.17) is 17.3 Å². The third-order valence-electron chi connectivity index (χ3n) is 3.37. The molecule has 3 rings (SSSR count). The molecule has 0 aromatic heterocycles. The minimum Gasteiger partial charge on any atom is -0.508 e. The number of nitrogens with zero attached hydrogens (tertiary/aromatic N) is 2. The molecule has 2 aromatic carbocycles. The Bertz CT molecular complexity index is 637. The van der Waals surface area contributed by atoms with Crippen LogP contribution in [0.2, 0.25) is 5.02 Å². The van der Waals surface area contributed by atoms with Gasteiger partial charge in [-0.05, 0) is 42.0 Å². The standard InChI is InChI=1S/C15H14ClN3O/c16-11-3-5-12(6-4-11)19-14(9-18-15(19)17)10-1-7-13(20)8-2-10/h1-8,14,20H,9H2,(H2,17,18). The molecule has 1 aliphatic heterocycles. The van der Waals surface area contributed by atoms with Crippen molar-refractivity contribution >= 4 is 23.2 Å². The first-order chi connectivity index (χ1) is 9.65. The quantitative estimate of drug-likeness (QED) is 0.893. The first-order valence-electron chi connectivity index (χ1n) is 6.29. The Morgan fingerprint density at radius 2 is 1.75 bits per heavy atom. The first kappa shape index (κ1) is 12.8. The van der Waals surface area contributed by atoms with Gasteiger partial charge in [0.05, 0.1) is 12.6 Å². The number of rotatable bonds is 2. The van der Waals surface area contributed by atoms with Crippen LogP contribution < -0.4 is 10.6 Å². The van der Waals surface area contributed by atoms with Crippen LogP contribution in [0.1, 0.15) is 11.6 Å². The average molecular weight is 288 g/mol.